The SMILES string of the molecule is Cc1ccc(CNCCOC2CCC(C)(C)CC2)s1. The fourth-order valence-electron chi connectivity index (χ4n) is 2.63. The molecule has 0 amide bonds. The molecule has 1 aliphatic rings. The summed E-state index contributed by atoms with van der Waals surface area (Å²) in [5.41, 5.74) is 0.537. The van der Waals surface area contributed by atoms with Crippen LogP contribution in [-0.4, -0.2) is 19.3 Å². The molecule has 0 saturated heterocycles. The zero-order valence-corrected chi connectivity index (χ0v) is 13.3. The molecule has 2 nitrogen and oxygen atoms in total. The standard InChI is InChI=1S/C16H27NOS/c1-13-4-5-15(19-13)12-17-10-11-18-14-6-8-16(2,3)9-7-14/h4-5,14,17H,6-12H2,1-3H3. The third-order valence-electron chi connectivity index (χ3n) is 4.01. The van der Waals surface area contributed by atoms with Gasteiger partial charge in [-0.2, -0.15) is 0 Å². The van der Waals surface area contributed by atoms with Crippen LogP contribution in [0, 0.1) is 12.3 Å². The van der Waals surface area contributed by atoms with Crippen LogP contribution in [0.1, 0.15) is 49.3 Å². The monoisotopic (exact) mass is 281 g/mol. The van der Waals surface area contributed by atoms with E-state index in [9.17, 15) is 0 Å². The van der Waals surface area contributed by atoms with Crippen LogP contribution < -0.4 is 5.32 Å². The van der Waals surface area contributed by atoms with E-state index in [4.69, 9.17) is 4.74 Å². The third kappa shape index (κ3) is 5.25. The van der Waals surface area contributed by atoms with Gasteiger partial charge in [0.15, 0.2) is 0 Å². The van der Waals surface area contributed by atoms with E-state index in [-0.39, 0.29) is 0 Å². The minimum absolute atomic E-state index is 0.499. The minimum atomic E-state index is 0.499. The van der Waals surface area contributed by atoms with Crippen molar-refractivity contribution in [2.24, 2.45) is 5.41 Å². The molecule has 1 aromatic heterocycles. The molecule has 1 fully saturated rings. The van der Waals surface area contributed by atoms with Gasteiger partial charge in [-0.05, 0) is 50.2 Å². The molecule has 1 heterocycles. The number of ether oxygens (including phenoxy) is 1. The maximum atomic E-state index is 5.96. The molecule has 0 aromatic carbocycles. The van der Waals surface area contributed by atoms with E-state index in [0.717, 1.165) is 19.7 Å². The predicted molar refractivity (Wildman–Crippen MR) is 82.8 cm³/mol. The van der Waals surface area contributed by atoms with Crippen molar-refractivity contribution >= 4 is 11.3 Å². The zero-order chi connectivity index (χ0) is 13.7. The molecular weight excluding hydrogens is 254 g/mol. The van der Waals surface area contributed by atoms with Crippen LogP contribution in [0.25, 0.3) is 0 Å². The Hall–Kier alpha value is -0.380. The highest BCUT2D eigenvalue weighted by Gasteiger charge is 2.26. The van der Waals surface area contributed by atoms with Gasteiger partial charge in [0.2, 0.25) is 0 Å². The van der Waals surface area contributed by atoms with Gasteiger partial charge in [0, 0.05) is 22.8 Å². The Morgan fingerprint density at radius 3 is 2.68 bits per heavy atom. The van der Waals surface area contributed by atoms with E-state index < -0.39 is 0 Å². The Kier molecular flexibility index (Phi) is 5.43. The van der Waals surface area contributed by atoms with Crippen molar-refractivity contribution in [1.29, 1.82) is 0 Å². The van der Waals surface area contributed by atoms with Crippen LogP contribution in [0.3, 0.4) is 0 Å². The summed E-state index contributed by atoms with van der Waals surface area (Å²) < 4.78 is 5.96. The Labute approximate surface area is 121 Å². The molecule has 2 rings (SSSR count). The number of thiophene rings is 1. The molecule has 1 saturated carbocycles. The van der Waals surface area contributed by atoms with E-state index in [0.29, 0.717) is 11.5 Å². The lowest BCUT2D eigenvalue weighted by Crippen LogP contribution is -2.29. The third-order valence-corrected chi connectivity index (χ3v) is 5.01. The Morgan fingerprint density at radius 1 is 1.32 bits per heavy atom. The average Bonchev–Trinajstić information content (AvgIpc) is 2.77. The van der Waals surface area contributed by atoms with Gasteiger partial charge in [0.25, 0.3) is 0 Å². The Balaban J connectivity index is 1.53. The highest BCUT2D eigenvalue weighted by atomic mass is 32.1. The highest BCUT2D eigenvalue weighted by molar-refractivity contribution is 7.11. The molecule has 1 N–H and O–H groups in total. The summed E-state index contributed by atoms with van der Waals surface area (Å²) in [7, 11) is 0. The van der Waals surface area contributed by atoms with Gasteiger partial charge in [-0.25, -0.2) is 0 Å². The number of hydrogen-bond donors (Lipinski definition) is 1. The molecule has 0 radical (unpaired) electrons. The van der Waals surface area contributed by atoms with Crippen LogP contribution in [0.2, 0.25) is 0 Å². The lowest BCUT2D eigenvalue weighted by atomic mass is 9.76. The second-order valence-corrected chi connectivity index (χ2v) is 7.80. The first-order chi connectivity index (χ1) is 9.05. The average molecular weight is 281 g/mol. The topological polar surface area (TPSA) is 21.3 Å². The van der Waals surface area contributed by atoms with Crippen LogP contribution >= 0.6 is 11.3 Å². The first-order valence-electron chi connectivity index (χ1n) is 7.43. The van der Waals surface area contributed by atoms with Gasteiger partial charge in [-0.1, -0.05) is 13.8 Å². The van der Waals surface area contributed by atoms with E-state index in [2.05, 4.69) is 38.2 Å². The first-order valence-corrected chi connectivity index (χ1v) is 8.24. The summed E-state index contributed by atoms with van der Waals surface area (Å²) in [6.45, 7) is 9.66. The van der Waals surface area contributed by atoms with E-state index >= 15 is 0 Å². The van der Waals surface area contributed by atoms with Crippen molar-refractivity contribution in [1.82, 2.24) is 5.32 Å². The van der Waals surface area contributed by atoms with Crippen molar-refractivity contribution in [2.45, 2.75) is 59.1 Å². The fraction of sp³-hybridized carbons (Fsp3) is 0.750. The molecule has 19 heavy (non-hydrogen) atoms. The predicted octanol–water partition coefficient (Wildman–Crippen LogP) is 4.13. The summed E-state index contributed by atoms with van der Waals surface area (Å²) >= 11 is 1.87. The smallest absolute Gasteiger partial charge is 0.0594 e. The molecule has 1 aromatic rings. The lowest BCUT2D eigenvalue weighted by molar-refractivity contribution is 0.00595. The number of hydrogen-bond acceptors (Lipinski definition) is 3. The van der Waals surface area contributed by atoms with Gasteiger partial charge >= 0.3 is 0 Å². The number of aryl methyl sites for hydroxylation is 1. The summed E-state index contributed by atoms with van der Waals surface area (Å²) in [5.74, 6) is 0. The van der Waals surface area contributed by atoms with Crippen molar-refractivity contribution < 1.29 is 4.74 Å². The van der Waals surface area contributed by atoms with Gasteiger partial charge in [-0.15, -0.1) is 11.3 Å². The zero-order valence-electron chi connectivity index (χ0n) is 12.5. The second-order valence-electron chi connectivity index (χ2n) is 6.42. The molecule has 1 aliphatic carbocycles. The van der Waals surface area contributed by atoms with E-state index in [1.54, 1.807) is 0 Å². The molecule has 0 spiro atoms. The second kappa shape index (κ2) is 6.87. The summed E-state index contributed by atoms with van der Waals surface area (Å²) in [6.07, 6.45) is 5.58. The van der Waals surface area contributed by atoms with E-state index in [1.165, 1.54) is 35.4 Å². The molecule has 0 bridgehead atoms. The van der Waals surface area contributed by atoms with Crippen LogP contribution in [0.5, 0.6) is 0 Å². The summed E-state index contributed by atoms with van der Waals surface area (Å²) in [6, 6.07) is 4.39. The first kappa shape index (κ1) is 15.0. The minimum Gasteiger partial charge on any atom is -0.377 e. The van der Waals surface area contributed by atoms with Crippen molar-refractivity contribution in [3.8, 4) is 0 Å². The normalized spacial score (nSPS) is 19.7. The molecule has 3 heteroatoms. The van der Waals surface area contributed by atoms with Gasteiger partial charge in [0.1, 0.15) is 0 Å². The maximum absolute atomic E-state index is 5.96. The largest absolute Gasteiger partial charge is 0.377 e. The van der Waals surface area contributed by atoms with Crippen LogP contribution in [0.4, 0.5) is 0 Å². The quantitative estimate of drug-likeness (QED) is 0.792. The van der Waals surface area contributed by atoms with Crippen molar-refractivity contribution in [3.05, 3.63) is 21.9 Å². The summed E-state index contributed by atoms with van der Waals surface area (Å²) in [5, 5.41) is 3.46. The van der Waals surface area contributed by atoms with Crippen molar-refractivity contribution in [2.75, 3.05) is 13.2 Å². The Bertz CT molecular complexity index is 376. The maximum Gasteiger partial charge on any atom is 0.0594 e. The molecular formula is C16H27NOS. The number of rotatable bonds is 6. The molecule has 0 atom stereocenters. The van der Waals surface area contributed by atoms with Gasteiger partial charge < -0.3 is 10.1 Å². The fourth-order valence-corrected chi connectivity index (χ4v) is 3.49. The highest BCUT2D eigenvalue weighted by Crippen LogP contribution is 2.35. The van der Waals surface area contributed by atoms with Crippen LogP contribution in [0.15, 0.2) is 12.1 Å². The van der Waals surface area contributed by atoms with Gasteiger partial charge in [-0.3, -0.25) is 0 Å². The molecule has 0 unspecified atom stereocenters. The summed E-state index contributed by atoms with van der Waals surface area (Å²) in [4.78, 5) is 2.80. The lowest BCUT2D eigenvalue weighted by Gasteiger charge is -2.34. The van der Waals surface area contributed by atoms with Gasteiger partial charge in [0.05, 0.1) is 12.7 Å². The number of nitrogens with one attached hydrogen (secondary N) is 1. The van der Waals surface area contributed by atoms with Crippen LogP contribution in [-0.2, 0) is 11.3 Å². The Morgan fingerprint density at radius 2 is 2.05 bits per heavy atom. The molecule has 108 valence electrons. The van der Waals surface area contributed by atoms with Crippen molar-refractivity contribution in [3.63, 3.8) is 0 Å². The molecule has 0 aliphatic heterocycles. The van der Waals surface area contributed by atoms with E-state index in [1.807, 2.05) is 11.3 Å².